The van der Waals surface area contributed by atoms with Crippen molar-refractivity contribution in [3.63, 3.8) is 0 Å². The Hall–Kier alpha value is -2.24. The fourth-order valence-corrected chi connectivity index (χ4v) is 2.51. The van der Waals surface area contributed by atoms with Gasteiger partial charge in [0.05, 0.1) is 5.56 Å². The third kappa shape index (κ3) is 3.75. The lowest BCUT2D eigenvalue weighted by atomic mass is 10.1. The molecule has 0 aliphatic carbocycles. The van der Waals surface area contributed by atoms with Crippen molar-refractivity contribution in [2.24, 2.45) is 0 Å². The molecule has 0 fully saturated rings. The first-order chi connectivity index (χ1) is 11.1. The Kier molecular flexibility index (Phi) is 4.69. The number of hydrogen-bond donors (Lipinski definition) is 1. The van der Waals surface area contributed by atoms with Crippen LogP contribution in [0.15, 0.2) is 65.5 Å². The van der Waals surface area contributed by atoms with Gasteiger partial charge >= 0.3 is 0 Å². The van der Waals surface area contributed by atoms with E-state index in [0.717, 1.165) is 10.2 Å². The molecule has 23 heavy (non-hydrogen) atoms. The largest absolute Gasteiger partial charge is 0.339 e. The highest BCUT2D eigenvalue weighted by Gasteiger charge is 2.15. The predicted molar refractivity (Wildman–Crippen MR) is 94.3 cm³/mol. The summed E-state index contributed by atoms with van der Waals surface area (Å²) in [7, 11) is 0. The highest BCUT2D eigenvalue weighted by atomic mass is 79.9. The first-order valence-corrected chi connectivity index (χ1v) is 7.93. The lowest BCUT2D eigenvalue weighted by Gasteiger charge is -2.10. The van der Waals surface area contributed by atoms with Gasteiger partial charge in [0.15, 0.2) is 5.78 Å². The molecule has 4 nitrogen and oxygen atoms in total. The number of aromatic nitrogens is 2. The second-order valence-electron chi connectivity index (χ2n) is 4.76. The van der Waals surface area contributed by atoms with E-state index in [9.17, 15) is 4.79 Å². The summed E-state index contributed by atoms with van der Waals surface area (Å²) in [5, 5.41) is 3.71. The molecule has 3 aromatic rings. The van der Waals surface area contributed by atoms with Gasteiger partial charge in [-0.05, 0) is 42.5 Å². The lowest BCUT2D eigenvalue weighted by Crippen LogP contribution is -2.07. The third-order valence-corrected chi connectivity index (χ3v) is 3.91. The molecule has 0 amide bonds. The number of rotatable bonds is 4. The van der Waals surface area contributed by atoms with Crippen molar-refractivity contribution in [1.82, 2.24) is 9.97 Å². The summed E-state index contributed by atoms with van der Waals surface area (Å²) in [5.41, 5.74) is 1.72. The van der Waals surface area contributed by atoms with Crippen molar-refractivity contribution in [2.45, 2.75) is 0 Å². The van der Waals surface area contributed by atoms with Crippen LogP contribution in [0.3, 0.4) is 0 Å². The molecule has 0 aliphatic heterocycles. The number of carbonyl (C=O) groups excluding carboxylic acids is 1. The molecular formula is C17H11BrClN3O. The average molecular weight is 389 g/mol. The van der Waals surface area contributed by atoms with Crippen molar-refractivity contribution >= 4 is 44.8 Å². The fourth-order valence-electron chi connectivity index (χ4n) is 2.06. The molecule has 0 atom stereocenters. The highest BCUT2D eigenvalue weighted by molar-refractivity contribution is 9.10. The Morgan fingerprint density at radius 2 is 1.91 bits per heavy atom. The summed E-state index contributed by atoms with van der Waals surface area (Å²) in [6.45, 7) is 0. The zero-order chi connectivity index (χ0) is 16.2. The molecule has 1 N–H and O–H groups in total. The lowest BCUT2D eigenvalue weighted by molar-refractivity contribution is 0.103. The Labute approximate surface area is 146 Å². The normalized spacial score (nSPS) is 10.3. The van der Waals surface area contributed by atoms with E-state index in [1.807, 2.05) is 24.3 Å². The average Bonchev–Trinajstić information content (AvgIpc) is 2.55. The number of halogens is 2. The number of ketones is 1. The van der Waals surface area contributed by atoms with E-state index in [-0.39, 0.29) is 5.78 Å². The summed E-state index contributed by atoms with van der Waals surface area (Å²) in [5.74, 6) is 0.290. The summed E-state index contributed by atoms with van der Waals surface area (Å²) in [6, 6.07) is 14.4. The van der Waals surface area contributed by atoms with Crippen LogP contribution in [0.1, 0.15) is 15.9 Å². The molecule has 3 rings (SSSR count). The number of nitrogens with one attached hydrogen (secondary N) is 1. The van der Waals surface area contributed by atoms with Crippen LogP contribution < -0.4 is 5.32 Å². The standard InChI is InChI=1S/C17H11BrClN3O/c18-12-6-4-11(5-7-12)16(23)15-9-20-10-21-17(15)22-14-3-1-2-13(19)8-14/h1-10H,(H,20,21,22). The zero-order valence-electron chi connectivity index (χ0n) is 11.8. The van der Waals surface area contributed by atoms with Crippen LogP contribution in [0.4, 0.5) is 11.5 Å². The van der Waals surface area contributed by atoms with Gasteiger partial charge in [0.2, 0.25) is 0 Å². The molecule has 2 aromatic carbocycles. The van der Waals surface area contributed by atoms with Gasteiger partial charge in [0.25, 0.3) is 0 Å². The first-order valence-electron chi connectivity index (χ1n) is 6.76. The van der Waals surface area contributed by atoms with Crippen molar-refractivity contribution in [1.29, 1.82) is 0 Å². The Morgan fingerprint density at radius 3 is 2.65 bits per heavy atom. The summed E-state index contributed by atoms with van der Waals surface area (Å²) >= 11 is 9.34. The van der Waals surface area contributed by atoms with Gasteiger partial charge in [-0.1, -0.05) is 33.6 Å². The van der Waals surface area contributed by atoms with E-state index < -0.39 is 0 Å². The van der Waals surface area contributed by atoms with Gasteiger partial charge in [-0.2, -0.15) is 0 Å². The molecule has 1 aromatic heterocycles. The number of benzene rings is 2. The highest BCUT2D eigenvalue weighted by Crippen LogP contribution is 2.23. The van der Waals surface area contributed by atoms with Gasteiger partial charge in [-0.3, -0.25) is 4.79 Å². The molecule has 0 bridgehead atoms. The van der Waals surface area contributed by atoms with Gasteiger partial charge in [-0.15, -0.1) is 0 Å². The maximum absolute atomic E-state index is 12.7. The Balaban J connectivity index is 1.94. The van der Waals surface area contributed by atoms with Crippen LogP contribution in [0.5, 0.6) is 0 Å². The van der Waals surface area contributed by atoms with E-state index in [1.54, 1.807) is 24.3 Å². The van der Waals surface area contributed by atoms with Crippen molar-refractivity contribution in [2.75, 3.05) is 5.32 Å². The molecule has 0 spiro atoms. The zero-order valence-corrected chi connectivity index (χ0v) is 14.2. The van der Waals surface area contributed by atoms with E-state index in [4.69, 9.17) is 11.6 Å². The summed E-state index contributed by atoms with van der Waals surface area (Å²) < 4.78 is 0.913. The second kappa shape index (κ2) is 6.89. The minimum absolute atomic E-state index is 0.150. The smallest absolute Gasteiger partial charge is 0.198 e. The monoisotopic (exact) mass is 387 g/mol. The SMILES string of the molecule is O=C(c1ccc(Br)cc1)c1cncnc1Nc1cccc(Cl)c1. The Morgan fingerprint density at radius 1 is 1.13 bits per heavy atom. The topological polar surface area (TPSA) is 54.9 Å². The van der Waals surface area contributed by atoms with Crippen LogP contribution >= 0.6 is 27.5 Å². The van der Waals surface area contributed by atoms with Gasteiger partial charge in [-0.25, -0.2) is 9.97 Å². The molecule has 0 unspecified atom stereocenters. The molecule has 114 valence electrons. The molecule has 0 radical (unpaired) electrons. The molecule has 0 saturated carbocycles. The third-order valence-electron chi connectivity index (χ3n) is 3.15. The molecule has 0 saturated heterocycles. The number of nitrogens with zero attached hydrogens (tertiary/aromatic N) is 2. The quantitative estimate of drug-likeness (QED) is 0.648. The van der Waals surface area contributed by atoms with Crippen LogP contribution in [0.25, 0.3) is 0 Å². The maximum Gasteiger partial charge on any atom is 0.198 e. The van der Waals surface area contributed by atoms with Crippen molar-refractivity contribution in [3.05, 3.63) is 81.7 Å². The van der Waals surface area contributed by atoms with Gasteiger partial charge < -0.3 is 5.32 Å². The van der Waals surface area contributed by atoms with E-state index in [2.05, 4.69) is 31.2 Å². The minimum atomic E-state index is -0.150. The summed E-state index contributed by atoms with van der Waals surface area (Å²) in [4.78, 5) is 20.8. The molecule has 6 heteroatoms. The van der Waals surface area contributed by atoms with Crippen molar-refractivity contribution in [3.8, 4) is 0 Å². The predicted octanol–water partition coefficient (Wildman–Crippen LogP) is 4.87. The summed E-state index contributed by atoms with van der Waals surface area (Å²) in [6.07, 6.45) is 2.90. The van der Waals surface area contributed by atoms with E-state index in [0.29, 0.717) is 22.0 Å². The molecular weight excluding hydrogens is 378 g/mol. The van der Waals surface area contributed by atoms with Crippen LogP contribution in [0.2, 0.25) is 5.02 Å². The van der Waals surface area contributed by atoms with Crippen molar-refractivity contribution < 1.29 is 4.79 Å². The first kappa shape index (κ1) is 15.6. The molecule has 0 aliphatic rings. The maximum atomic E-state index is 12.7. The van der Waals surface area contributed by atoms with E-state index in [1.165, 1.54) is 12.5 Å². The Bertz CT molecular complexity index is 852. The van der Waals surface area contributed by atoms with Gasteiger partial charge in [0, 0.05) is 26.9 Å². The number of anilines is 2. The number of carbonyl (C=O) groups is 1. The molecule has 1 heterocycles. The second-order valence-corrected chi connectivity index (χ2v) is 6.11. The van der Waals surface area contributed by atoms with Crippen LogP contribution in [-0.2, 0) is 0 Å². The van der Waals surface area contributed by atoms with Crippen LogP contribution in [-0.4, -0.2) is 15.8 Å². The minimum Gasteiger partial charge on any atom is -0.339 e. The fraction of sp³-hybridized carbons (Fsp3) is 0. The van der Waals surface area contributed by atoms with E-state index >= 15 is 0 Å². The van der Waals surface area contributed by atoms with Gasteiger partial charge in [0.1, 0.15) is 12.1 Å². The number of hydrogen-bond acceptors (Lipinski definition) is 4. The van der Waals surface area contributed by atoms with Crippen LogP contribution in [0, 0.1) is 0 Å².